The van der Waals surface area contributed by atoms with Gasteiger partial charge in [0.2, 0.25) is 0 Å². The standard InChI is InChI=1S/C13H16BrN5O/c1-15-13(20)17-10-6-18(7-10)8-11-4-16-12-3-2-9(14)5-19(11)12/h2-5,10H,6-8H2,1H3,(H2,15,17,20). The van der Waals surface area contributed by atoms with Gasteiger partial charge in [-0.2, -0.15) is 0 Å². The molecule has 1 aliphatic rings. The summed E-state index contributed by atoms with van der Waals surface area (Å²) in [6, 6.07) is 4.09. The third-order valence-corrected chi connectivity index (χ3v) is 3.92. The lowest BCUT2D eigenvalue weighted by Crippen LogP contribution is -2.60. The fourth-order valence-corrected chi connectivity index (χ4v) is 2.74. The average Bonchev–Trinajstić information content (AvgIpc) is 2.78. The van der Waals surface area contributed by atoms with Crippen LogP contribution in [0, 0.1) is 0 Å². The molecule has 0 aromatic carbocycles. The number of nitrogens with zero attached hydrogens (tertiary/aromatic N) is 3. The van der Waals surface area contributed by atoms with Crippen molar-refractivity contribution in [3.8, 4) is 0 Å². The zero-order valence-corrected chi connectivity index (χ0v) is 12.7. The van der Waals surface area contributed by atoms with Gasteiger partial charge < -0.3 is 15.0 Å². The molecule has 3 rings (SSSR count). The fourth-order valence-electron chi connectivity index (χ4n) is 2.40. The van der Waals surface area contributed by atoms with Crippen LogP contribution in [-0.2, 0) is 6.54 Å². The molecule has 1 aliphatic heterocycles. The third-order valence-electron chi connectivity index (χ3n) is 3.45. The molecule has 2 N–H and O–H groups in total. The van der Waals surface area contributed by atoms with E-state index >= 15 is 0 Å². The molecule has 0 saturated carbocycles. The molecule has 6 nitrogen and oxygen atoms in total. The van der Waals surface area contributed by atoms with E-state index in [0.717, 1.165) is 35.4 Å². The Balaban J connectivity index is 1.61. The summed E-state index contributed by atoms with van der Waals surface area (Å²) in [5.41, 5.74) is 2.10. The Morgan fingerprint density at radius 1 is 1.50 bits per heavy atom. The van der Waals surface area contributed by atoms with Crippen LogP contribution in [0.4, 0.5) is 4.79 Å². The number of pyridine rings is 1. The van der Waals surface area contributed by atoms with Gasteiger partial charge in [0.05, 0.1) is 17.9 Å². The number of carbonyl (C=O) groups excluding carboxylic acids is 1. The molecule has 0 spiro atoms. The summed E-state index contributed by atoms with van der Waals surface area (Å²) in [6.07, 6.45) is 3.93. The van der Waals surface area contributed by atoms with Crippen LogP contribution in [-0.4, -0.2) is 46.5 Å². The first-order chi connectivity index (χ1) is 9.65. The highest BCUT2D eigenvalue weighted by molar-refractivity contribution is 9.10. The number of hydrogen-bond acceptors (Lipinski definition) is 3. The largest absolute Gasteiger partial charge is 0.341 e. The van der Waals surface area contributed by atoms with E-state index in [2.05, 4.69) is 40.8 Å². The van der Waals surface area contributed by atoms with Gasteiger partial charge in [0.25, 0.3) is 0 Å². The van der Waals surface area contributed by atoms with Crippen molar-refractivity contribution >= 4 is 27.6 Å². The quantitative estimate of drug-likeness (QED) is 0.884. The van der Waals surface area contributed by atoms with Gasteiger partial charge in [0, 0.05) is 37.4 Å². The molecule has 1 saturated heterocycles. The highest BCUT2D eigenvalue weighted by atomic mass is 79.9. The molecule has 7 heteroatoms. The number of carbonyl (C=O) groups is 1. The molecule has 2 aromatic rings. The Morgan fingerprint density at radius 3 is 3.05 bits per heavy atom. The number of imidazole rings is 1. The van der Waals surface area contributed by atoms with E-state index in [1.54, 1.807) is 7.05 Å². The van der Waals surface area contributed by atoms with E-state index in [1.807, 2.05) is 24.5 Å². The van der Waals surface area contributed by atoms with Gasteiger partial charge in [-0.1, -0.05) is 0 Å². The van der Waals surface area contributed by atoms with Gasteiger partial charge in [-0.05, 0) is 28.1 Å². The summed E-state index contributed by atoms with van der Waals surface area (Å²) in [5.74, 6) is 0. The summed E-state index contributed by atoms with van der Waals surface area (Å²) < 4.78 is 3.12. The average molecular weight is 338 g/mol. The van der Waals surface area contributed by atoms with E-state index in [9.17, 15) is 4.79 Å². The number of fused-ring (bicyclic) bond motifs is 1. The van der Waals surface area contributed by atoms with E-state index in [0.29, 0.717) is 0 Å². The van der Waals surface area contributed by atoms with Gasteiger partial charge >= 0.3 is 6.03 Å². The molecule has 2 amide bonds. The molecule has 1 fully saturated rings. The van der Waals surface area contributed by atoms with Crippen molar-refractivity contribution in [3.63, 3.8) is 0 Å². The number of aromatic nitrogens is 2. The minimum Gasteiger partial charge on any atom is -0.341 e. The lowest BCUT2D eigenvalue weighted by atomic mass is 10.1. The van der Waals surface area contributed by atoms with E-state index in [-0.39, 0.29) is 12.1 Å². The maximum absolute atomic E-state index is 11.2. The highest BCUT2D eigenvalue weighted by Crippen LogP contribution is 2.17. The van der Waals surface area contributed by atoms with Crippen molar-refractivity contribution in [1.82, 2.24) is 24.9 Å². The number of amides is 2. The van der Waals surface area contributed by atoms with Crippen LogP contribution in [0.1, 0.15) is 5.69 Å². The maximum Gasteiger partial charge on any atom is 0.314 e. The molecule has 0 aliphatic carbocycles. The Bertz CT molecular complexity index is 635. The number of nitrogens with one attached hydrogen (secondary N) is 2. The van der Waals surface area contributed by atoms with Gasteiger partial charge in [-0.3, -0.25) is 4.90 Å². The Labute approximate surface area is 125 Å². The minimum absolute atomic E-state index is 0.117. The molecule has 0 unspecified atom stereocenters. The molecule has 20 heavy (non-hydrogen) atoms. The van der Waals surface area contributed by atoms with Crippen LogP contribution < -0.4 is 10.6 Å². The van der Waals surface area contributed by atoms with Gasteiger partial charge in [0.15, 0.2) is 0 Å². The smallest absolute Gasteiger partial charge is 0.314 e. The maximum atomic E-state index is 11.2. The van der Waals surface area contributed by atoms with Crippen molar-refractivity contribution in [1.29, 1.82) is 0 Å². The first kappa shape index (κ1) is 13.4. The second kappa shape index (κ2) is 5.41. The summed E-state index contributed by atoms with van der Waals surface area (Å²) in [6.45, 7) is 2.58. The van der Waals surface area contributed by atoms with E-state index in [1.165, 1.54) is 0 Å². The predicted octanol–water partition coefficient (Wildman–Crippen LogP) is 1.21. The number of hydrogen-bond donors (Lipinski definition) is 2. The molecular formula is C13H16BrN5O. The van der Waals surface area contributed by atoms with Crippen LogP contribution >= 0.6 is 15.9 Å². The van der Waals surface area contributed by atoms with E-state index < -0.39 is 0 Å². The Morgan fingerprint density at radius 2 is 2.30 bits per heavy atom. The van der Waals surface area contributed by atoms with Crippen LogP contribution in [0.25, 0.3) is 5.65 Å². The minimum atomic E-state index is -0.117. The molecule has 2 aromatic heterocycles. The second-order valence-corrected chi connectivity index (χ2v) is 5.86. The normalized spacial score (nSPS) is 16.1. The molecule has 3 heterocycles. The van der Waals surface area contributed by atoms with Crippen molar-refractivity contribution in [2.75, 3.05) is 20.1 Å². The van der Waals surface area contributed by atoms with Gasteiger partial charge in [0.1, 0.15) is 5.65 Å². The topological polar surface area (TPSA) is 61.7 Å². The second-order valence-electron chi connectivity index (χ2n) is 4.94. The Hall–Kier alpha value is -1.60. The lowest BCUT2D eigenvalue weighted by Gasteiger charge is -2.39. The first-order valence-electron chi connectivity index (χ1n) is 6.48. The van der Waals surface area contributed by atoms with Gasteiger partial charge in [-0.25, -0.2) is 9.78 Å². The Kier molecular flexibility index (Phi) is 3.62. The SMILES string of the molecule is CNC(=O)NC1CN(Cc2cnc3ccc(Br)cn23)C1. The van der Waals surface area contributed by atoms with Crippen molar-refractivity contribution < 1.29 is 4.79 Å². The molecule has 0 atom stereocenters. The molecule has 0 radical (unpaired) electrons. The van der Waals surface area contributed by atoms with Crippen molar-refractivity contribution in [2.24, 2.45) is 0 Å². The van der Waals surface area contributed by atoms with Crippen LogP contribution in [0.3, 0.4) is 0 Å². The molecule has 106 valence electrons. The van der Waals surface area contributed by atoms with E-state index in [4.69, 9.17) is 0 Å². The van der Waals surface area contributed by atoms with Crippen LogP contribution in [0.2, 0.25) is 0 Å². The van der Waals surface area contributed by atoms with Crippen LogP contribution in [0.5, 0.6) is 0 Å². The predicted molar refractivity (Wildman–Crippen MR) is 79.5 cm³/mol. The number of rotatable bonds is 3. The molecular weight excluding hydrogens is 322 g/mol. The number of urea groups is 1. The zero-order valence-electron chi connectivity index (χ0n) is 11.1. The van der Waals surface area contributed by atoms with Crippen molar-refractivity contribution in [3.05, 3.63) is 34.7 Å². The summed E-state index contributed by atoms with van der Waals surface area (Å²) in [5, 5.41) is 5.47. The molecule has 0 bridgehead atoms. The first-order valence-corrected chi connectivity index (χ1v) is 7.27. The van der Waals surface area contributed by atoms with Gasteiger partial charge in [-0.15, -0.1) is 0 Å². The summed E-state index contributed by atoms with van der Waals surface area (Å²) in [4.78, 5) is 17.9. The zero-order chi connectivity index (χ0) is 14.1. The number of halogens is 1. The highest BCUT2D eigenvalue weighted by Gasteiger charge is 2.28. The third kappa shape index (κ3) is 2.64. The number of likely N-dealkylation sites (tertiary alicyclic amines) is 1. The summed E-state index contributed by atoms with van der Waals surface area (Å²) >= 11 is 3.48. The van der Waals surface area contributed by atoms with Crippen LogP contribution in [0.15, 0.2) is 29.0 Å². The fraction of sp³-hybridized carbons (Fsp3) is 0.385. The monoisotopic (exact) mass is 337 g/mol. The summed E-state index contributed by atoms with van der Waals surface area (Å²) in [7, 11) is 1.63. The lowest BCUT2D eigenvalue weighted by molar-refractivity contribution is 0.120. The van der Waals surface area contributed by atoms with Crippen molar-refractivity contribution in [2.45, 2.75) is 12.6 Å².